The maximum Gasteiger partial charge on any atom is 0.270 e. The summed E-state index contributed by atoms with van der Waals surface area (Å²) >= 11 is 3.35. The molecule has 1 aromatic heterocycles. The van der Waals surface area contributed by atoms with Crippen molar-refractivity contribution in [2.45, 2.75) is 25.9 Å². The molecule has 2 rings (SSSR count). The third-order valence-corrected chi connectivity index (χ3v) is 3.84. The summed E-state index contributed by atoms with van der Waals surface area (Å²) in [4.78, 5) is 10.3. The van der Waals surface area contributed by atoms with Gasteiger partial charge in [0.05, 0.1) is 17.7 Å². The van der Waals surface area contributed by atoms with Crippen molar-refractivity contribution in [1.29, 1.82) is 0 Å². The molecule has 0 amide bonds. The fourth-order valence-electron chi connectivity index (χ4n) is 1.85. The number of nitrogens with two attached hydrogens (primary N) is 1. The second-order valence-electron chi connectivity index (χ2n) is 4.52. The van der Waals surface area contributed by atoms with Gasteiger partial charge in [0.25, 0.3) is 5.69 Å². The fraction of sp³-hybridized carbons (Fsp3) is 0.308. The summed E-state index contributed by atoms with van der Waals surface area (Å²) in [7, 11) is 0. The van der Waals surface area contributed by atoms with Crippen LogP contribution in [-0.2, 0) is 6.54 Å². The molecule has 6 nitrogen and oxygen atoms in total. The molecule has 0 saturated carbocycles. The number of nitro groups is 1. The fourth-order valence-corrected chi connectivity index (χ4v) is 2.34. The number of hydrogen-bond acceptors (Lipinski definition) is 4. The van der Waals surface area contributed by atoms with Crippen molar-refractivity contribution in [2.24, 2.45) is 5.73 Å². The van der Waals surface area contributed by atoms with E-state index in [0.29, 0.717) is 11.0 Å². The molecule has 0 aliphatic rings. The smallest absolute Gasteiger partial charge is 0.270 e. The summed E-state index contributed by atoms with van der Waals surface area (Å²) in [6, 6.07) is 4.70. The Hall–Kier alpha value is -1.73. The quantitative estimate of drug-likeness (QED) is 0.670. The van der Waals surface area contributed by atoms with Gasteiger partial charge in [0.15, 0.2) is 0 Å². The normalized spacial score (nSPS) is 12.3. The van der Waals surface area contributed by atoms with Crippen molar-refractivity contribution in [2.75, 3.05) is 0 Å². The molecule has 0 radical (unpaired) electrons. The highest BCUT2D eigenvalue weighted by molar-refractivity contribution is 9.10. The van der Waals surface area contributed by atoms with Crippen LogP contribution in [-0.4, -0.2) is 14.7 Å². The zero-order chi connectivity index (χ0) is 14.7. The van der Waals surface area contributed by atoms with E-state index >= 15 is 0 Å². The van der Waals surface area contributed by atoms with Crippen LogP contribution in [0.5, 0.6) is 0 Å². The van der Waals surface area contributed by atoms with Crippen molar-refractivity contribution in [1.82, 2.24) is 9.78 Å². The van der Waals surface area contributed by atoms with Gasteiger partial charge in [-0.05, 0) is 18.1 Å². The van der Waals surface area contributed by atoms with Gasteiger partial charge in [0.1, 0.15) is 0 Å². The zero-order valence-electron chi connectivity index (χ0n) is 11.0. The summed E-state index contributed by atoms with van der Waals surface area (Å²) in [6.45, 7) is 2.56. The number of hydrogen-bond donors (Lipinski definition) is 1. The molecule has 0 aliphatic carbocycles. The minimum atomic E-state index is -0.416. The van der Waals surface area contributed by atoms with Crippen LogP contribution in [0.25, 0.3) is 0 Å². The van der Waals surface area contributed by atoms with Crippen LogP contribution in [0, 0.1) is 10.1 Å². The Bertz CT molecular complexity index is 627. The molecule has 0 fully saturated rings. The van der Waals surface area contributed by atoms with Crippen molar-refractivity contribution >= 4 is 21.6 Å². The molecule has 7 heteroatoms. The number of benzene rings is 1. The summed E-state index contributed by atoms with van der Waals surface area (Å²) in [6.07, 6.45) is 4.52. The van der Waals surface area contributed by atoms with Crippen LogP contribution >= 0.6 is 15.9 Å². The molecule has 1 atom stereocenters. The van der Waals surface area contributed by atoms with E-state index in [2.05, 4.69) is 21.0 Å². The molecule has 2 N–H and O–H groups in total. The third-order valence-electron chi connectivity index (χ3n) is 3.10. The number of aromatic nitrogens is 2. The highest BCUT2D eigenvalue weighted by Crippen LogP contribution is 2.24. The van der Waals surface area contributed by atoms with E-state index in [0.717, 1.165) is 17.5 Å². The van der Waals surface area contributed by atoms with Gasteiger partial charge in [-0.2, -0.15) is 5.10 Å². The molecule has 2 aromatic rings. The summed E-state index contributed by atoms with van der Waals surface area (Å²) in [5, 5.41) is 14.9. The molecule has 1 aromatic carbocycles. The van der Waals surface area contributed by atoms with Gasteiger partial charge in [0, 0.05) is 34.4 Å². The highest BCUT2D eigenvalue weighted by atomic mass is 79.9. The van der Waals surface area contributed by atoms with E-state index < -0.39 is 4.92 Å². The predicted octanol–water partition coefficient (Wildman–Crippen LogP) is 3.01. The Morgan fingerprint density at radius 3 is 2.90 bits per heavy atom. The summed E-state index contributed by atoms with van der Waals surface area (Å²) in [5.74, 6) is 0. The van der Waals surface area contributed by atoms with Gasteiger partial charge < -0.3 is 5.73 Å². The molecule has 0 bridgehead atoms. The van der Waals surface area contributed by atoms with Gasteiger partial charge in [-0.15, -0.1) is 0 Å². The van der Waals surface area contributed by atoms with Gasteiger partial charge in [-0.25, -0.2) is 0 Å². The first kappa shape index (κ1) is 14.7. The summed E-state index contributed by atoms with van der Waals surface area (Å²) in [5.41, 5.74) is 7.93. The van der Waals surface area contributed by atoms with E-state index in [1.165, 1.54) is 12.1 Å². The van der Waals surface area contributed by atoms with E-state index in [1.807, 2.05) is 13.1 Å². The lowest BCUT2D eigenvalue weighted by Gasteiger charge is -2.06. The average molecular weight is 339 g/mol. The highest BCUT2D eigenvalue weighted by Gasteiger charge is 2.11. The lowest BCUT2D eigenvalue weighted by Crippen LogP contribution is -2.07. The number of nitrogens with zero attached hydrogens (tertiary/aromatic N) is 3. The van der Waals surface area contributed by atoms with Crippen LogP contribution in [0.15, 0.2) is 35.1 Å². The second-order valence-corrected chi connectivity index (χ2v) is 5.37. The minimum Gasteiger partial charge on any atom is -0.324 e. The summed E-state index contributed by atoms with van der Waals surface area (Å²) < 4.78 is 2.47. The lowest BCUT2D eigenvalue weighted by molar-refractivity contribution is -0.384. The topological polar surface area (TPSA) is 87.0 Å². The number of rotatable bonds is 5. The van der Waals surface area contributed by atoms with Crippen LogP contribution < -0.4 is 5.73 Å². The molecule has 106 valence electrons. The van der Waals surface area contributed by atoms with Gasteiger partial charge in [0.2, 0.25) is 0 Å². The molecule has 0 aliphatic heterocycles. The Labute approximate surface area is 124 Å². The van der Waals surface area contributed by atoms with E-state index in [4.69, 9.17) is 5.73 Å². The Balaban J connectivity index is 2.18. The standard InChI is InChI=1S/C13H15BrN4O2/c1-2-13(15)10-6-16-17(8-10)7-9-3-4-11(18(19)20)5-12(9)14/h3-6,8,13H,2,7,15H2,1H3. The first-order valence-corrected chi connectivity index (χ1v) is 7.01. The molecule has 1 unspecified atom stereocenters. The Morgan fingerprint density at radius 1 is 1.55 bits per heavy atom. The number of halogens is 1. The monoisotopic (exact) mass is 338 g/mol. The number of non-ortho nitro benzene ring substituents is 1. The van der Waals surface area contributed by atoms with E-state index in [9.17, 15) is 10.1 Å². The SMILES string of the molecule is CCC(N)c1cnn(Cc2ccc([N+](=O)[O-])cc2Br)c1. The average Bonchev–Trinajstić information content (AvgIpc) is 2.88. The largest absolute Gasteiger partial charge is 0.324 e. The van der Waals surface area contributed by atoms with Crippen molar-refractivity contribution in [3.05, 3.63) is 56.3 Å². The molecule has 20 heavy (non-hydrogen) atoms. The molecular weight excluding hydrogens is 324 g/mol. The second kappa shape index (κ2) is 6.15. The van der Waals surface area contributed by atoms with Gasteiger partial charge >= 0.3 is 0 Å². The minimum absolute atomic E-state index is 0.0101. The molecular formula is C13H15BrN4O2. The maximum atomic E-state index is 10.7. The first-order valence-electron chi connectivity index (χ1n) is 6.22. The van der Waals surface area contributed by atoms with Crippen molar-refractivity contribution in [3.63, 3.8) is 0 Å². The maximum absolute atomic E-state index is 10.7. The van der Waals surface area contributed by atoms with Gasteiger partial charge in [-0.3, -0.25) is 14.8 Å². The lowest BCUT2D eigenvalue weighted by atomic mass is 10.1. The van der Waals surface area contributed by atoms with Crippen molar-refractivity contribution in [3.8, 4) is 0 Å². The predicted molar refractivity (Wildman–Crippen MR) is 79.3 cm³/mol. The third kappa shape index (κ3) is 3.23. The molecule has 1 heterocycles. The Kier molecular flexibility index (Phi) is 4.51. The van der Waals surface area contributed by atoms with Gasteiger partial charge in [-0.1, -0.05) is 22.9 Å². The zero-order valence-corrected chi connectivity index (χ0v) is 12.6. The molecule has 0 saturated heterocycles. The van der Waals surface area contributed by atoms with Crippen molar-refractivity contribution < 1.29 is 4.92 Å². The Morgan fingerprint density at radius 2 is 2.30 bits per heavy atom. The van der Waals surface area contributed by atoms with E-state index in [-0.39, 0.29) is 11.7 Å². The van der Waals surface area contributed by atoms with Crippen LogP contribution in [0.2, 0.25) is 0 Å². The first-order chi connectivity index (χ1) is 9.51. The van der Waals surface area contributed by atoms with Crippen LogP contribution in [0.1, 0.15) is 30.5 Å². The molecule has 0 spiro atoms. The number of nitro benzene ring substituents is 1. The van der Waals surface area contributed by atoms with Crippen LogP contribution in [0.4, 0.5) is 5.69 Å². The van der Waals surface area contributed by atoms with Crippen LogP contribution in [0.3, 0.4) is 0 Å². The van der Waals surface area contributed by atoms with E-state index in [1.54, 1.807) is 16.9 Å².